The van der Waals surface area contributed by atoms with Crippen LogP contribution in [0.2, 0.25) is 0 Å². The number of H-pyrrole nitrogens is 1. The maximum Gasteiger partial charge on any atom is 0.223 e. The van der Waals surface area contributed by atoms with Gasteiger partial charge < -0.3 is 14.1 Å². The molecule has 1 saturated heterocycles. The summed E-state index contributed by atoms with van der Waals surface area (Å²) >= 11 is 0. The Hall–Kier alpha value is -2.60. The van der Waals surface area contributed by atoms with E-state index in [-0.39, 0.29) is 11.3 Å². The summed E-state index contributed by atoms with van der Waals surface area (Å²) in [5.41, 5.74) is 2.55. The molecule has 25 heavy (non-hydrogen) atoms. The number of methoxy groups -OCH3 is 1. The van der Waals surface area contributed by atoms with Gasteiger partial charge in [-0.1, -0.05) is 12.1 Å². The molecule has 1 aliphatic heterocycles. The fraction of sp³-hybridized carbons (Fsp3) is 0.368. The molecule has 0 amide bonds. The van der Waals surface area contributed by atoms with Gasteiger partial charge in [0.25, 0.3) is 0 Å². The number of oxazole rings is 1. The number of pyridine rings is 1. The minimum atomic E-state index is -0.0937. The largest absolute Gasteiger partial charge is 0.491 e. The van der Waals surface area contributed by atoms with Gasteiger partial charge in [-0.25, -0.2) is 4.98 Å². The lowest BCUT2D eigenvalue weighted by Gasteiger charge is -2.31. The van der Waals surface area contributed by atoms with E-state index in [0.717, 1.165) is 48.6 Å². The molecular formula is C19H21N3O3. The number of nitrogens with one attached hydrogen (secondary N) is 1. The van der Waals surface area contributed by atoms with E-state index in [4.69, 9.17) is 9.15 Å². The first-order chi connectivity index (χ1) is 12.2. The zero-order chi connectivity index (χ0) is 17.2. The van der Waals surface area contributed by atoms with Gasteiger partial charge in [0.15, 0.2) is 17.2 Å². The third-order valence-corrected chi connectivity index (χ3v) is 4.72. The predicted molar refractivity (Wildman–Crippen MR) is 94.9 cm³/mol. The summed E-state index contributed by atoms with van der Waals surface area (Å²) < 4.78 is 11.0. The van der Waals surface area contributed by atoms with Crippen LogP contribution in [0.25, 0.3) is 11.1 Å². The number of aromatic nitrogens is 2. The van der Waals surface area contributed by atoms with E-state index in [0.29, 0.717) is 12.3 Å². The number of para-hydroxylation sites is 2. The third-order valence-electron chi connectivity index (χ3n) is 4.72. The van der Waals surface area contributed by atoms with Crippen LogP contribution in [0.15, 0.2) is 45.7 Å². The van der Waals surface area contributed by atoms with Gasteiger partial charge in [0.1, 0.15) is 5.52 Å². The summed E-state index contributed by atoms with van der Waals surface area (Å²) in [6, 6.07) is 9.48. The number of fused-ring (bicyclic) bond motifs is 1. The second-order valence-electron chi connectivity index (χ2n) is 6.48. The summed E-state index contributed by atoms with van der Waals surface area (Å²) in [6.45, 7) is 2.58. The Morgan fingerprint density at radius 2 is 2.28 bits per heavy atom. The van der Waals surface area contributed by atoms with Gasteiger partial charge in [0, 0.05) is 37.0 Å². The van der Waals surface area contributed by atoms with Crippen molar-refractivity contribution in [1.82, 2.24) is 14.9 Å². The number of rotatable bonds is 4. The van der Waals surface area contributed by atoms with Crippen molar-refractivity contribution in [3.8, 4) is 5.75 Å². The normalized spacial score (nSPS) is 18.5. The Kier molecular flexibility index (Phi) is 4.28. The van der Waals surface area contributed by atoms with Crippen molar-refractivity contribution >= 4 is 11.1 Å². The molecule has 1 aliphatic rings. The smallest absolute Gasteiger partial charge is 0.223 e. The molecule has 130 valence electrons. The van der Waals surface area contributed by atoms with E-state index in [1.165, 1.54) is 7.11 Å². The van der Waals surface area contributed by atoms with Crippen molar-refractivity contribution in [1.29, 1.82) is 0 Å². The maximum atomic E-state index is 11.9. The molecule has 4 rings (SSSR count). The molecule has 3 heterocycles. The van der Waals surface area contributed by atoms with Crippen LogP contribution in [0.5, 0.6) is 5.75 Å². The van der Waals surface area contributed by atoms with Crippen LogP contribution >= 0.6 is 0 Å². The zero-order valence-corrected chi connectivity index (χ0v) is 14.2. The molecule has 0 bridgehead atoms. The average molecular weight is 339 g/mol. The van der Waals surface area contributed by atoms with Crippen molar-refractivity contribution in [2.75, 3.05) is 20.2 Å². The average Bonchev–Trinajstić information content (AvgIpc) is 3.06. The molecule has 1 N–H and O–H groups in total. The molecule has 0 saturated carbocycles. The Labute approximate surface area is 145 Å². The highest BCUT2D eigenvalue weighted by Gasteiger charge is 2.25. The van der Waals surface area contributed by atoms with E-state index in [1.807, 2.05) is 24.3 Å². The quantitative estimate of drug-likeness (QED) is 0.791. The number of hydrogen-bond donors (Lipinski definition) is 1. The Bertz CT molecular complexity index is 898. The van der Waals surface area contributed by atoms with Crippen molar-refractivity contribution in [2.45, 2.75) is 25.3 Å². The molecule has 6 nitrogen and oxygen atoms in total. The van der Waals surface area contributed by atoms with Gasteiger partial charge in [-0.05, 0) is 31.5 Å². The number of benzene rings is 1. The molecule has 1 atom stereocenters. The third kappa shape index (κ3) is 3.30. The summed E-state index contributed by atoms with van der Waals surface area (Å²) in [6.07, 6.45) is 3.78. The van der Waals surface area contributed by atoms with Gasteiger partial charge in [-0.2, -0.15) is 0 Å². The highest BCUT2D eigenvalue weighted by Crippen LogP contribution is 2.29. The number of ether oxygens (including phenoxy) is 1. The van der Waals surface area contributed by atoms with E-state index < -0.39 is 0 Å². The lowest BCUT2D eigenvalue weighted by molar-refractivity contribution is 0.185. The van der Waals surface area contributed by atoms with Crippen LogP contribution in [-0.4, -0.2) is 35.1 Å². The lowest BCUT2D eigenvalue weighted by atomic mass is 9.98. The van der Waals surface area contributed by atoms with E-state index in [2.05, 4.69) is 14.9 Å². The molecule has 0 spiro atoms. The minimum absolute atomic E-state index is 0.0937. The van der Waals surface area contributed by atoms with Crippen molar-refractivity contribution in [3.63, 3.8) is 0 Å². The molecule has 0 radical (unpaired) electrons. The molecule has 3 aromatic rings. The van der Waals surface area contributed by atoms with Crippen LogP contribution in [-0.2, 0) is 6.54 Å². The molecule has 0 aliphatic carbocycles. The summed E-state index contributed by atoms with van der Waals surface area (Å²) in [7, 11) is 1.50. The van der Waals surface area contributed by atoms with E-state index in [1.54, 1.807) is 12.3 Å². The summed E-state index contributed by atoms with van der Waals surface area (Å²) in [5.74, 6) is 1.44. The number of piperidine rings is 1. The van der Waals surface area contributed by atoms with Gasteiger partial charge in [0.2, 0.25) is 5.43 Å². The van der Waals surface area contributed by atoms with Gasteiger partial charge in [-0.15, -0.1) is 0 Å². The highest BCUT2D eigenvalue weighted by atomic mass is 16.5. The number of nitrogens with zero attached hydrogens (tertiary/aromatic N) is 2. The molecule has 2 aromatic heterocycles. The molecule has 1 fully saturated rings. The summed E-state index contributed by atoms with van der Waals surface area (Å²) in [5, 5.41) is 0. The second kappa shape index (κ2) is 6.72. The summed E-state index contributed by atoms with van der Waals surface area (Å²) in [4.78, 5) is 22.0. The first-order valence-corrected chi connectivity index (χ1v) is 8.56. The number of aromatic amines is 1. The van der Waals surface area contributed by atoms with Crippen LogP contribution in [0.4, 0.5) is 0 Å². The first-order valence-electron chi connectivity index (χ1n) is 8.56. The first kappa shape index (κ1) is 15.9. The van der Waals surface area contributed by atoms with E-state index >= 15 is 0 Å². The maximum absolute atomic E-state index is 11.9. The van der Waals surface area contributed by atoms with Gasteiger partial charge in [-0.3, -0.25) is 9.69 Å². The van der Waals surface area contributed by atoms with Gasteiger partial charge >= 0.3 is 0 Å². The van der Waals surface area contributed by atoms with Crippen LogP contribution in [0.1, 0.15) is 30.3 Å². The molecular weight excluding hydrogens is 318 g/mol. The number of likely N-dealkylation sites (tertiary alicyclic amines) is 1. The lowest BCUT2D eigenvalue weighted by Crippen LogP contribution is -2.34. The van der Waals surface area contributed by atoms with Gasteiger partial charge in [0.05, 0.1) is 7.11 Å². The zero-order valence-electron chi connectivity index (χ0n) is 14.2. The van der Waals surface area contributed by atoms with Crippen LogP contribution < -0.4 is 10.2 Å². The van der Waals surface area contributed by atoms with E-state index in [9.17, 15) is 4.79 Å². The fourth-order valence-electron chi connectivity index (χ4n) is 3.46. The Morgan fingerprint density at radius 1 is 1.40 bits per heavy atom. The second-order valence-corrected chi connectivity index (χ2v) is 6.48. The van der Waals surface area contributed by atoms with Crippen LogP contribution in [0.3, 0.4) is 0 Å². The Morgan fingerprint density at radius 3 is 3.08 bits per heavy atom. The Balaban J connectivity index is 1.49. The topological polar surface area (TPSA) is 71.4 Å². The highest BCUT2D eigenvalue weighted by molar-refractivity contribution is 5.72. The van der Waals surface area contributed by atoms with Crippen LogP contribution in [0, 0.1) is 0 Å². The SMILES string of the molecule is COc1c[nH]c(CN2CCC[C@@H](c3nc4ccccc4o3)C2)cc1=O. The molecule has 1 aromatic carbocycles. The van der Waals surface area contributed by atoms with Crippen molar-refractivity contribution in [2.24, 2.45) is 0 Å². The minimum Gasteiger partial charge on any atom is -0.491 e. The van der Waals surface area contributed by atoms with Crippen molar-refractivity contribution in [3.05, 3.63) is 58.3 Å². The fourth-order valence-corrected chi connectivity index (χ4v) is 3.46. The molecule has 0 unspecified atom stereocenters. The molecule has 6 heteroatoms. The standard InChI is InChI=1S/C19H21N3O3/c1-24-18-10-20-14(9-16(18)23)12-22-8-4-5-13(11-22)19-21-15-6-2-3-7-17(15)25-19/h2-3,6-7,9-10,13H,4-5,8,11-12H2,1H3,(H,20,23)/t13-/m1/s1. The number of hydrogen-bond acceptors (Lipinski definition) is 5. The predicted octanol–water partition coefficient (Wildman–Crippen LogP) is 2.90. The monoisotopic (exact) mass is 339 g/mol. The van der Waals surface area contributed by atoms with Crippen molar-refractivity contribution < 1.29 is 9.15 Å².